The van der Waals surface area contributed by atoms with Crippen molar-refractivity contribution in [2.75, 3.05) is 0 Å². The first-order valence-electron chi connectivity index (χ1n) is 6.22. The van der Waals surface area contributed by atoms with Crippen LogP contribution in [0.25, 0.3) is 0 Å². The molecule has 1 aliphatic rings. The van der Waals surface area contributed by atoms with Gasteiger partial charge in [0.1, 0.15) is 0 Å². The maximum Gasteiger partial charge on any atom is 0.0408 e. The molecular weight excluding hydrogens is 263 g/mol. The second-order valence-corrected chi connectivity index (χ2v) is 5.78. The molecule has 18 heavy (non-hydrogen) atoms. The third-order valence-electron chi connectivity index (χ3n) is 3.81. The summed E-state index contributed by atoms with van der Waals surface area (Å²) in [6.45, 7) is 2.25. The van der Waals surface area contributed by atoms with Gasteiger partial charge in [-0.15, -0.1) is 0 Å². The van der Waals surface area contributed by atoms with E-state index in [0.717, 1.165) is 22.9 Å². The Morgan fingerprint density at radius 3 is 1.72 bits per heavy atom. The Bertz CT molecular complexity index is 549. The second-order valence-electron chi connectivity index (χ2n) is 4.91. The van der Waals surface area contributed by atoms with Crippen molar-refractivity contribution < 1.29 is 0 Å². The Kier molecular flexibility index (Phi) is 3.09. The average Bonchev–Trinajstić information content (AvgIpc) is 2.47. The summed E-state index contributed by atoms with van der Waals surface area (Å²) in [5.74, 6) is 0.409. The molecule has 0 saturated carbocycles. The fourth-order valence-corrected chi connectivity index (χ4v) is 3.25. The van der Waals surface area contributed by atoms with Gasteiger partial charge in [-0.3, -0.25) is 0 Å². The van der Waals surface area contributed by atoms with E-state index in [4.69, 9.17) is 23.2 Å². The Hall–Kier alpha value is -0.980. The Morgan fingerprint density at radius 1 is 0.833 bits per heavy atom. The molecule has 92 valence electrons. The quantitative estimate of drug-likeness (QED) is 0.617. The molecule has 2 heteroatoms. The van der Waals surface area contributed by atoms with E-state index in [1.54, 1.807) is 0 Å². The highest BCUT2D eigenvalue weighted by molar-refractivity contribution is 6.31. The van der Waals surface area contributed by atoms with Gasteiger partial charge in [0, 0.05) is 16.0 Å². The van der Waals surface area contributed by atoms with Crippen LogP contribution in [-0.4, -0.2) is 0 Å². The van der Waals surface area contributed by atoms with Crippen molar-refractivity contribution in [3.8, 4) is 0 Å². The fraction of sp³-hybridized carbons (Fsp3) is 0.250. The lowest BCUT2D eigenvalue weighted by atomic mass is 9.90. The monoisotopic (exact) mass is 276 g/mol. The Morgan fingerprint density at radius 2 is 1.28 bits per heavy atom. The zero-order chi connectivity index (χ0) is 12.7. The summed E-state index contributed by atoms with van der Waals surface area (Å²) >= 11 is 12.2. The third-order valence-corrected chi connectivity index (χ3v) is 4.28. The number of rotatable bonds is 0. The number of hydrogen-bond donors (Lipinski definition) is 0. The van der Waals surface area contributed by atoms with Crippen LogP contribution >= 0.6 is 23.2 Å². The maximum absolute atomic E-state index is 6.09. The van der Waals surface area contributed by atoms with Crippen LogP contribution in [0.15, 0.2) is 36.4 Å². The number of hydrogen-bond acceptors (Lipinski definition) is 0. The summed E-state index contributed by atoms with van der Waals surface area (Å²) in [7, 11) is 0. The summed E-state index contributed by atoms with van der Waals surface area (Å²) in [4.78, 5) is 0. The molecule has 1 aliphatic carbocycles. The van der Waals surface area contributed by atoms with E-state index in [9.17, 15) is 0 Å². The van der Waals surface area contributed by atoms with Gasteiger partial charge in [0.2, 0.25) is 0 Å². The van der Waals surface area contributed by atoms with Crippen molar-refractivity contribution in [1.29, 1.82) is 0 Å². The molecule has 0 spiro atoms. The first-order valence-corrected chi connectivity index (χ1v) is 6.97. The van der Waals surface area contributed by atoms with Gasteiger partial charge in [0.15, 0.2) is 0 Å². The van der Waals surface area contributed by atoms with Crippen molar-refractivity contribution >= 4 is 23.2 Å². The van der Waals surface area contributed by atoms with E-state index >= 15 is 0 Å². The number of halogens is 2. The predicted octanol–water partition coefficient (Wildman–Crippen LogP) is 5.24. The van der Waals surface area contributed by atoms with Crippen LogP contribution in [0.2, 0.25) is 10.0 Å². The Labute approximate surface area is 118 Å². The third kappa shape index (κ3) is 2.04. The van der Waals surface area contributed by atoms with Crippen LogP contribution < -0.4 is 0 Å². The Balaban J connectivity index is 2.15. The lowest BCUT2D eigenvalue weighted by Gasteiger charge is -2.15. The maximum atomic E-state index is 6.09. The summed E-state index contributed by atoms with van der Waals surface area (Å²) < 4.78 is 0. The van der Waals surface area contributed by atoms with Crippen molar-refractivity contribution in [3.05, 3.63) is 68.7 Å². The first kappa shape index (κ1) is 12.1. The molecule has 0 aliphatic heterocycles. The summed E-state index contributed by atoms with van der Waals surface area (Å²) in [6, 6.07) is 12.5. The van der Waals surface area contributed by atoms with E-state index in [1.807, 2.05) is 12.1 Å². The van der Waals surface area contributed by atoms with Crippen LogP contribution in [0.3, 0.4) is 0 Å². The smallest absolute Gasteiger partial charge is 0.0408 e. The van der Waals surface area contributed by atoms with Gasteiger partial charge in [-0.1, -0.05) is 42.3 Å². The van der Waals surface area contributed by atoms with E-state index in [0.29, 0.717) is 5.92 Å². The van der Waals surface area contributed by atoms with Crippen LogP contribution in [-0.2, 0) is 12.8 Å². The summed E-state index contributed by atoms with van der Waals surface area (Å²) in [5.41, 5.74) is 5.51. The zero-order valence-electron chi connectivity index (χ0n) is 10.2. The van der Waals surface area contributed by atoms with Gasteiger partial charge >= 0.3 is 0 Å². The minimum Gasteiger partial charge on any atom is -0.0843 e. The molecule has 0 atom stereocenters. The van der Waals surface area contributed by atoms with Gasteiger partial charge in [0.05, 0.1) is 0 Å². The van der Waals surface area contributed by atoms with Gasteiger partial charge < -0.3 is 0 Å². The largest absolute Gasteiger partial charge is 0.0843 e. The topological polar surface area (TPSA) is 0 Å². The molecule has 3 rings (SSSR count). The van der Waals surface area contributed by atoms with Gasteiger partial charge in [0.25, 0.3) is 0 Å². The van der Waals surface area contributed by atoms with E-state index < -0.39 is 0 Å². The van der Waals surface area contributed by atoms with Crippen molar-refractivity contribution in [2.24, 2.45) is 0 Å². The zero-order valence-corrected chi connectivity index (χ0v) is 11.7. The molecule has 2 aromatic rings. The molecule has 0 saturated heterocycles. The fourth-order valence-electron chi connectivity index (χ4n) is 2.86. The molecular formula is C16H14Cl2. The lowest BCUT2D eigenvalue weighted by molar-refractivity contribution is 0.913. The minimum atomic E-state index is 0.409. The predicted molar refractivity (Wildman–Crippen MR) is 77.8 cm³/mol. The number of benzene rings is 2. The SMILES string of the molecule is CC1c2ccc(Cl)cc2CCc2cc(Cl)ccc21. The van der Waals surface area contributed by atoms with E-state index in [2.05, 4.69) is 31.2 Å². The van der Waals surface area contributed by atoms with Crippen LogP contribution in [0, 0.1) is 0 Å². The number of fused-ring (bicyclic) bond motifs is 2. The van der Waals surface area contributed by atoms with Gasteiger partial charge in [-0.2, -0.15) is 0 Å². The lowest BCUT2D eigenvalue weighted by Crippen LogP contribution is -1.99. The molecule has 0 nitrogen and oxygen atoms in total. The molecule has 0 radical (unpaired) electrons. The standard InChI is InChI=1S/C16H14Cl2/c1-10-15-6-4-13(17)8-11(15)2-3-12-9-14(18)5-7-16(10)12/h4-10H,2-3H2,1H3. The molecule has 0 N–H and O–H groups in total. The molecule has 0 amide bonds. The average molecular weight is 277 g/mol. The molecule has 0 fully saturated rings. The highest BCUT2D eigenvalue weighted by Gasteiger charge is 2.20. The molecule has 2 aromatic carbocycles. The van der Waals surface area contributed by atoms with E-state index in [-0.39, 0.29) is 0 Å². The first-order chi connectivity index (χ1) is 8.65. The molecule has 0 bridgehead atoms. The molecule has 0 heterocycles. The second kappa shape index (κ2) is 4.60. The van der Waals surface area contributed by atoms with Crippen LogP contribution in [0.1, 0.15) is 35.1 Å². The summed E-state index contributed by atoms with van der Waals surface area (Å²) in [6.07, 6.45) is 2.07. The minimum absolute atomic E-state index is 0.409. The van der Waals surface area contributed by atoms with E-state index in [1.165, 1.54) is 22.3 Å². The summed E-state index contributed by atoms with van der Waals surface area (Å²) in [5, 5.41) is 1.65. The van der Waals surface area contributed by atoms with Gasteiger partial charge in [-0.05, 0) is 59.4 Å². The molecule has 0 aromatic heterocycles. The van der Waals surface area contributed by atoms with Crippen molar-refractivity contribution in [2.45, 2.75) is 25.7 Å². The normalized spacial score (nSPS) is 14.8. The highest BCUT2D eigenvalue weighted by Crippen LogP contribution is 2.35. The van der Waals surface area contributed by atoms with Gasteiger partial charge in [-0.25, -0.2) is 0 Å². The highest BCUT2D eigenvalue weighted by atomic mass is 35.5. The molecule has 0 unspecified atom stereocenters. The van der Waals surface area contributed by atoms with Crippen molar-refractivity contribution in [3.63, 3.8) is 0 Å². The number of aryl methyl sites for hydroxylation is 2. The van der Waals surface area contributed by atoms with Crippen LogP contribution in [0.5, 0.6) is 0 Å². The van der Waals surface area contributed by atoms with Crippen LogP contribution in [0.4, 0.5) is 0 Å². The van der Waals surface area contributed by atoms with Crippen molar-refractivity contribution in [1.82, 2.24) is 0 Å².